The van der Waals surface area contributed by atoms with Gasteiger partial charge >= 0.3 is 13.1 Å². The zero-order chi connectivity index (χ0) is 17.9. The van der Waals surface area contributed by atoms with Gasteiger partial charge in [0, 0.05) is 24.9 Å². The minimum Gasteiger partial charge on any atom is -0.535 e. The number of para-hydroxylation sites is 1. The van der Waals surface area contributed by atoms with Gasteiger partial charge in [-0.05, 0) is 24.5 Å². The number of rotatable bonds is 7. The van der Waals surface area contributed by atoms with Crippen LogP contribution >= 0.6 is 0 Å². The number of hydrogen-bond donors (Lipinski definition) is 2. The van der Waals surface area contributed by atoms with E-state index in [1.165, 1.54) is 6.07 Å². The van der Waals surface area contributed by atoms with Crippen molar-refractivity contribution in [3.05, 3.63) is 29.3 Å². The Hall–Kier alpha value is -1.87. The summed E-state index contributed by atoms with van der Waals surface area (Å²) >= 11 is 0. The SMILES string of the molecule is CS(=O)(=O)CCCC(=O)C[C@H]1Cc2cccc(C(=O)O)c2OB1O. The summed E-state index contributed by atoms with van der Waals surface area (Å²) in [7, 11) is -4.37. The molecule has 130 valence electrons. The van der Waals surface area contributed by atoms with Crippen LogP contribution in [0.5, 0.6) is 5.75 Å². The first-order valence-electron chi connectivity index (χ1n) is 7.56. The van der Waals surface area contributed by atoms with E-state index in [-0.39, 0.29) is 42.1 Å². The number of carboxylic acid groups (broad SMARTS) is 1. The Bertz CT molecular complexity index is 744. The van der Waals surface area contributed by atoms with Crippen LogP contribution in [0.3, 0.4) is 0 Å². The number of ketones is 1. The van der Waals surface area contributed by atoms with Crippen molar-refractivity contribution in [2.24, 2.45) is 0 Å². The molecule has 0 bridgehead atoms. The minimum atomic E-state index is -3.10. The lowest BCUT2D eigenvalue weighted by atomic mass is 9.64. The predicted octanol–water partition coefficient (Wildman–Crippen LogP) is 0.954. The van der Waals surface area contributed by atoms with E-state index in [4.69, 9.17) is 9.76 Å². The number of aromatic carboxylic acids is 1. The highest BCUT2D eigenvalue weighted by atomic mass is 32.2. The Morgan fingerprint density at radius 2 is 2.08 bits per heavy atom. The van der Waals surface area contributed by atoms with Gasteiger partial charge in [0.05, 0.1) is 11.3 Å². The topological polar surface area (TPSA) is 118 Å². The summed E-state index contributed by atoms with van der Waals surface area (Å²) in [6.45, 7) is 0. The van der Waals surface area contributed by atoms with Crippen molar-refractivity contribution >= 4 is 28.7 Å². The largest absolute Gasteiger partial charge is 0.535 e. The van der Waals surface area contributed by atoms with E-state index in [9.17, 15) is 23.0 Å². The van der Waals surface area contributed by atoms with Crippen LogP contribution in [0.2, 0.25) is 5.82 Å². The van der Waals surface area contributed by atoms with E-state index in [0.29, 0.717) is 12.0 Å². The fourth-order valence-corrected chi connectivity index (χ4v) is 3.42. The third-order valence-corrected chi connectivity index (χ3v) is 4.94. The van der Waals surface area contributed by atoms with E-state index < -0.39 is 28.7 Å². The van der Waals surface area contributed by atoms with Gasteiger partial charge in [-0.2, -0.15) is 0 Å². The van der Waals surface area contributed by atoms with Gasteiger partial charge in [0.2, 0.25) is 0 Å². The normalized spacial score (nSPS) is 17.1. The summed E-state index contributed by atoms with van der Waals surface area (Å²) in [5.74, 6) is -1.68. The van der Waals surface area contributed by atoms with Crippen LogP contribution in [0.1, 0.15) is 35.2 Å². The van der Waals surface area contributed by atoms with Gasteiger partial charge in [-0.1, -0.05) is 12.1 Å². The third kappa shape index (κ3) is 4.81. The second kappa shape index (κ2) is 7.35. The molecule has 0 saturated carbocycles. The molecule has 0 aliphatic carbocycles. The maximum absolute atomic E-state index is 12.0. The molecule has 0 saturated heterocycles. The highest BCUT2D eigenvalue weighted by Crippen LogP contribution is 2.36. The maximum Gasteiger partial charge on any atom is 0.526 e. The summed E-state index contributed by atoms with van der Waals surface area (Å²) in [6.07, 6.45) is 1.88. The highest BCUT2D eigenvalue weighted by molar-refractivity contribution is 7.90. The number of carbonyl (C=O) groups is 2. The monoisotopic (exact) mass is 354 g/mol. The predicted molar refractivity (Wildman–Crippen MR) is 88.0 cm³/mol. The van der Waals surface area contributed by atoms with Crippen LogP contribution in [0, 0.1) is 0 Å². The summed E-state index contributed by atoms with van der Waals surface area (Å²) in [5.41, 5.74) is 0.610. The van der Waals surface area contributed by atoms with E-state index in [2.05, 4.69) is 0 Å². The smallest absolute Gasteiger partial charge is 0.526 e. The Labute approximate surface area is 140 Å². The first-order chi connectivity index (χ1) is 11.2. The summed E-state index contributed by atoms with van der Waals surface area (Å²) in [5, 5.41) is 19.2. The van der Waals surface area contributed by atoms with Gasteiger partial charge in [0.1, 0.15) is 21.4 Å². The third-order valence-electron chi connectivity index (χ3n) is 3.91. The number of Topliss-reactive ketones (excluding diaryl/α,β-unsaturated/α-hetero) is 1. The lowest BCUT2D eigenvalue weighted by Crippen LogP contribution is -2.35. The quantitative estimate of drug-likeness (QED) is 0.700. The van der Waals surface area contributed by atoms with E-state index in [0.717, 1.165) is 6.26 Å². The Morgan fingerprint density at radius 1 is 1.38 bits per heavy atom. The molecule has 0 aromatic heterocycles. The molecule has 1 aromatic rings. The highest BCUT2D eigenvalue weighted by Gasteiger charge is 2.37. The average Bonchev–Trinajstić information content (AvgIpc) is 2.46. The summed E-state index contributed by atoms with van der Waals surface area (Å²) < 4.78 is 27.4. The zero-order valence-electron chi connectivity index (χ0n) is 13.3. The second-order valence-corrected chi connectivity index (χ2v) is 8.31. The van der Waals surface area contributed by atoms with E-state index >= 15 is 0 Å². The van der Waals surface area contributed by atoms with Crippen molar-refractivity contribution in [1.82, 2.24) is 0 Å². The Balaban J connectivity index is 2.00. The molecule has 2 rings (SSSR count). The standard InChI is InChI=1S/C15H19BO7S/c1-24(21,22)7-3-5-12(17)9-11-8-10-4-2-6-13(15(18)19)14(10)23-16(11)20/h2,4,6,11,20H,3,5,7-9H2,1H3,(H,18,19)/t11-/m1/s1. The molecule has 1 aromatic carbocycles. The molecular formula is C15H19BO7S. The molecule has 24 heavy (non-hydrogen) atoms. The Morgan fingerprint density at radius 3 is 2.71 bits per heavy atom. The number of hydrogen-bond acceptors (Lipinski definition) is 6. The van der Waals surface area contributed by atoms with Gasteiger partial charge in [-0.15, -0.1) is 0 Å². The van der Waals surface area contributed by atoms with Crippen molar-refractivity contribution in [3.8, 4) is 5.75 Å². The number of benzene rings is 1. The molecule has 1 heterocycles. The molecule has 9 heteroatoms. The number of fused-ring (bicyclic) bond motifs is 1. The van der Waals surface area contributed by atoms with Gasteiger partial charge in [-0.3, -0.25) is 4.79 Å². The van der Waals surface area contributed by atoms with E-state index in [1.54, 1.807) is 12.1 Å². The van der Waals surface area contributed by atoms with Gasteiger partial charge < -0.3 is 14.8 Å². The molecule has 0 radical (unpaired) electrons. The molecule has 2 N–H and O–H groups in total. The molecular weight excluding hydrogens is 335 g/mol. The van der Waals surface area contributed by atoms with Crippen molar-refractivity contribution < 1.29 is 32.8 Å². The molecule has 1 aliphatic heterocycles. The minimum absolute atomic E-state index is 0.0236. The molecule has 0 spiro atoms. The van der Waals surface area contributed by atoms with Gasteiger partial charge in [0.25, 0.3) is 0 Å². The number of carboxylic acids is 1. The molecule has 0 unspecified atom stereocenters. The van der Waals surface area contributed by atoms with Crippen LogP contribution in [0.4, 0.5) is 0 Å². The number of sulfone groups is 1. The lowest BCUT2D eigenvalue weighted by Gasteiger charge is -2.28. The van der Waals surface area contributed by atoms with Crippen molar-refractivity contribution in [2.75, 3.05) is 12.0 Å². The summed E-state index contributed by atoms with van der Waals surface area (Å²) in [4.78, 5) is 23.1. The van der Waals surface area contributed by atoms with Crippen LogP contribution in [0.15, 0.2) is 18.2 Å². The molecule has 0 fully saturated rings. The van der Waals surface area contributed by atoms with Crippen LogP contribution in [-0.4, -0.2) is 49.4 Å². The first-order valence-corrected chi connectivity index (χ1v) is 9.63. The number of carbonyl (C=O) groups excluding carboxylic acids is 1. The van der Waals surface area contributed by atoms with Crippen molar-refractivity contribution in [3.63, 3.8) is 0 Å². The Kier molecular flexibility index (Phi) is 5.66. The fraction of sp³-hybridized carbons (Fsp3) is 0.467. The van der Waals surface area contributed by atoms with Crippen molar-refractivity contribution in [2.45, 2.75) is 31.5 Å². The average molecular weight is 354 g/mol. The van der Waals surface area contributed by atoms with Gasteiger partial charge in [-0.25, -0.2) is 13.2 Å². The molecule has 7 nitrogen and oxygen atoms in total. The zero-order valence-corrected chi connectivity index (χ0v) is 14.1. The molecule has 1 aliphatic rings. The van der Waals surface area contributed by atoms with Crippen LogP contribution in [-0.2, 0) is 21.1 Å². The van der Waals surface area contributed by atoms with Crippen LogP contribution < -0.4 is 4.65 Å². The summed E-state index contributed by atoms with van der Waals surface area (Å²) in [6, 6.07) is 4.69. The first kappa shape index (κ1) is 18.5. The second-order valence-electron chi connectivity index (χ2n) is 6.05. The van der Waals surface area contributed by atoms with Gasteiger partial charge in [0.15, 0.2) is 0 Å². The van der Waals surface area contributed by atoms with Crippen molar-refractivity contribution in [1.29, 1.82) is 0 Å². The maximum atomic E-state index is 12.0. The molecule has 0 amide bonds. The van der Waals surface area contributed by atoms with Crippen LogP contribution in [0.25, 0.3) is 0 Å². The van der Waals surface area contributed by atoms with E-state index in [1.807, 2.05) is 0 Å². The lowest BCUT2D eigenvalue weighted by molar-refractivity contribution is -0.119. The molecule has 1 atom stereocenters. The fourth-order valence-electron chi connectivity index (χ4n) is 2.75.